The van der Waals surface area contributed by atoms with E-state index in [-0.39, 0.29) is 24.5 Å². The van der Waals surface area contributed by atoms with Gasteiger partial charge in [0, 0.05) is 23.3 Å². The molecule has 144 valence electrons. The van der Waals surface area contributed by atoms with E-state index in [1.807, 2.05) is 12.0 Å². The highest BCUT2D eigenvalue weighted by Gasteiger charge is 2.37. The zero-order chi connectivity index (χ0) is 19.3. The summed E-state index contributed by atoms with van der Waals surface area (Å²) in [6.45, 7) is 3.38. The van der Waals surface area contributed by atoms with Gasteiger partial charge in [-0.15, -0.1) is 11.8 Å². The smallest absolute Gasteiger partial charge is 0.433 e. The number of nitrogens with one attached hydrogen (secondary N) is 1. The van der Waals surface area contributed by atoms with Gasteiger partial charge in [-0.25, -0.2) is 4.79 Å². The minimum atomic E-state index is -4.54. The zero-order valence-corrected chi connectivity index (χ0v) is 15.2. The second-order valence-corrected chi connectivity index (χ2v) is 6.77. The molecule has 0 bridgehead atoms. The van der Waals surface area contributed by atoms with Crippen molar-refractivity contribution < 1.29 is 27.5 Å². The molecule has 2 rings (SSSR count). The molecule has 0 aliphatic carbocycles. The van der Waals surface area contributed by atoms with E-state index in [1.165, 1.54) is 16.7 Å². The van der Waals surface area contributed by atoms with Gasteiger partial charge in [-0.2, -0.15) is 18.3 Å². The molecule has 26 heavy (non-hydrogen) atoms. The lowest BCUT2D eigenvalue weighted by molar-refractivity contribution is -0.152. The van der Waals surface area contributed by atoms with Crippen LogP contribution in [-0.2, 0) is 26.9 Å². The molecule has 0 radical (unpaired) electrons. The predicted octanol–water partition coefficient (Wildman–Crippen LogP) is 2.77. The Morgan fingerprint density at radius 2 is 2.23 bits per heavy atom. The molecule has 1 aliphatic rings. The number of rotatable bonds is 6. The number of hydrogen-bond acceptors (Lipinski definition) is 5. The van der Waals surface area contributed by atoms with E-state index in [9.17, 15) is 22.8 Å². The molecule has 1 amide bonds. The van der Waals surface area contributed by atoms with Crippen molar-refractivity contribution in [2.75, 3.05) is 18.2 Å². The molecule has 1 aliphatic heterocycles. The second kappa shape index (κ2) is 8.61. The van der Waals surface area contributed by atoms with Gasteiger partial charge in [0.2, 0.25) is 0 Å². The SMILES string of the molecule is CC/C=C(/C)C(=O)N1CSC[C@@H]1C(=O)OCCc1cn[nH]c1C(F)(F)F. The molecule has 1 fully saturated rings. The van der Waals surface area contributed by atoms with Crippen molar-refractivity contribution in [2.24, 2.45) is 0 Å². The van der Waals surface area contributed by atoms with E-state index in [0.717, 1.165) is 6.20 Å². The molecule has 1 saturated heterocycles. The summed E-state index contributed by atoms with van der Waals surface area (Å²) in [5.41, 5.74) is -0.455. The molecule has 0 spiro atoms. The Morgan fingerprint density at radius 1 is 1.50 bits per heavy atom. The number of nitrogens with zero attached hydrogens (tertiary/aromatic N) is 2. The molecule has 0 aromatic carbocycles. The summed E-state index contributed by atoms with van der Waals surface area (Å²) in [6.07, 6.45) is -1.09. The first-order valence-corrected chi connectivity index (χ1v) is 9.22. The van der Waals surface area contributed by atoms with Crippen LogP contribution in [0.2, 0.25) is 0 Å². The number of carbonyl (C=O) groups excluding carboxylic acids is 2. The van der Waals surface area contributed by atoms with Gasteiger partial charge in [-0.3, -0.25) is 9.89 Å². The average Bonchev–Trinajstić information content (AvgIpc) is 3.22. The fraction of sp³-hybridized carbons (Fsp3) is 0.562. The van der Waals surface area contributed by atoms with Gasteiger partial charge in [0.25, 0.3) is 5.91 Å². The Morgan fingerprint density at radius 3 is 2.88 bits per heavy atom. The topological polar surface area (TPSA) is 75.3 Å². The first kappa shape index (κ1) is 20.3. The van der Waals surface area contributed by atoms with Crippen LogP contribution >= 0.6 is 11.8 Å². The molecule has 0 saturated carbocycles. The molecule has 1 N–H and O–H groups in total. The molecule has 1 atom stereocenters. The van der Waals surface area contributed by atoms with Gasteiger partial charge >= 0.3 is 12.1 Å². The Bertz CT molecular complexity index is 688. The number of alkyl halides is 3. The Balaban J connectivity index is 1.92. The van der Waals surface area contributed by atoms with Crippen LogP contribution in [0.4, 0.5) is 13.2 Å². The fourth-order valence-corrected chi connectivity index (χ4v) is 3.70. The minimum absolute atomic E-state index is 0.0687. The zero-order valence-electron chi connectivity index (χ0n) is 14.4. The van der Waals surface area contributed by atoms with Crippen LogP contribution in [0.3, 0.4) is 0 Å². The summed E-state index contributed by atoms with van der Waals surface area (Å²) < 4.78 is 43.4. The van der Waals surface area contributed by atoms with Crippen molar-refractivity contribution in [1.82, 2.24) is 15.1 Å². The third kappa shape index (κ3) is 4.80. The van der Waals surface area contributed by atoms with Gasteiger partial charge < -0.3 is 9.64 Å². The molecule has 10 heteroatoms. The highest BCUT2D eigenvalue weighted by atomic mass is 32.2. The average molecular weight is 391 g/mol. The number of allylic oxidation sites excluding steroid dienone is 1. The fourth-order valence-electron chi connectivity index (χ4n) is 2.56. The van der Waals surface area contributed by atoms with Gasteiger partial charge in [0.05, 0.1) is 18.7 Å². The van der Waals surface area contributed by atoms with Crippen LogP contribution < -0.4 is 0 Å². The number of H-pyrrole nitrogens is 1. The first-order valence-electron chi connectivity index (χ1n) is 8.07. The van der Waals surface area contributed by atoms with Gasteiger partial charge in [-0.1, -0.05) is 13.0 Å². The van der Waals surface area contributed by atoms with Gasteiger partial charge in [-0.05, 0) is 13.3 Å². The Hall–Kier alpha value is -1.97. The van der Waals surface area contributed by atoms with Crippen molar-refractivity contribution in [2.45, 2.75) is 38.9 Å². The molecule has 6 nitrogen and oxygen atoms in total. The largest absolute Gasteiger partial charge is 0.464 e. The minimum Gasteiger partial charge on any atom is -0.464 e. The lowest BCUT2D eigenvalue weighted by atomic mass is 10.2. The second-order valence-electron chi connectivity index (χ2n) is 5.77. The molecule has 1 aromatic rings. The van der Waals surface area contributed by atoms with Crippen LogP contribution in [0.5, 0.6) is 0 Å². The normalized spacial score (nSPS) is 18.3. The number of hydrogen-bond donors (Lipinski definition) is 1. The van der Waals surface area contributed by atoms with E-state index in [0.29, 0.717) is 23.6 Å². The van der Waals surface area contributed by atoms with Crippen LogP contribution in [0.15, 0.2) is 17.8 Å². The van der Waals surface area contributed by atoms with E-state index in [4.69, 9.17) is 4.74 Å². The predicted molar refractivity (Wildman–Crippen MR) is 90.3 cm³/mol. The number of ether oxygens (including phenoxy) is 1. The Labute approximate surface area is 153 Å². The third-order valence-electron chi connectivity index (χ3n) is 3.88. The quantitative estimate of drug-likeness (QED) is 0.596. The summed E-state index contributed by atoms with van der Waals surface area (Å²) in [6, 6.07) is -0.723. The number of aromatic amines is 1. The van der Waals surface area contributed by atoms with E-state index >= 15 is 0 Å². The Kier molecular flexibility index (Phi) is 6.74. The number of esters is 1. The maximum atomic E-state index is 12.8. The van der Waals surface area contributed by atoms with E-state index < -0.39 is 23.9 Å². The maximum absolute atomic E-state index is 12.8. The highest BCUT2D eigenvalue weighted by molar-refractivity contribution is 7.99. The van der Waals surface area contributed by atoms with Crippen molar-refractivity contribution >= 4 is 23.6 Å². The molecule has 2 heterocycles. The lowest BCUT2D eigenvalue weighted by Crippen LogP contribution is -2.43. The molecule has 1 aromatic heterocycles. The molecular weight excluding hydrogens is 371 g/mol. The summed E-state index contributed by atoms with van der Waals surface area (Å²) in [5, 5.41) is 5.30. The molecule has 0 unspecified atom stereocenters. The summed E-state index contributed by atoms with van der Waals surface area (Å²) in [5.74, 6) is -0.0468. The van der Waals surface area contributed by atoms with Crippen LogP contribution in [0, 0.1) is 0 Å². The first-order chi connectivity index (χ1) is 12.3. The monoisotopic (exact) mass is 391 g/mol. The van der Waals surface area contributed by atoms with Crippen LogP contribution in [-0.4, -0.2) is 51.3 Å². The number of halogens is 3. The third-order valence-corrected chi connectivity index (χ3v) is 4.89. The standard InChI is InChI=1S/C16H20F3N3O3S/c1-3-4-10(2)14(23)22-9-26-8-12(22)15(24)25-6-5-11-7-20-21-13(11)16(17,18)19/h4,7,12H,3,5-6,8-9H2,1-2H3,(H,20,21)/b10-4-/t12-/m1/s1. The van der Waals surface area contributed by atoms with Crippen LogP contribution in [0.25, 0.3) is 0 Å². The number of amides is 1. The highest BCUT2D eigenvalue weighted by Crippen LogP contribution is 2.30. The summed E-state index contributed by atoms with van der Waals surface area (Å²) >= 11 is 1.43. The maximum Gasteiger partial charge on any atom is 0.433 e. The van der Waals surface area contributed by atoms with Crippen molar-refractivity contribution in [3.8, 4) is 0 Å². The van der Waals surface area contributed by atoms with Gasteiger partial charge in [0.15, 0.2) is 0 Å². The van der Waals surface area contributed by atoms with E-state index in [1.54, 1.807) is 13.0 Å². The van der Waals surface area contributed by atoms with Gasteiger partial charge in [0.1, 0.15) is 11.7 Å². The van der Waals surface area contributed by atoms with Crippen LogP contribution in [0.1, 0.15) is 31.5 Å². The number of carbonyl (C=O) groups is 2. The number of aromatic nitrogens is 2. The molecular formula is C16H20F3N3O3S. The number of thioether (sulfide) groups is 1. The van der Waals surface area contributed by atoms with Crippen molar-refractivity contribution in [3.05, 3.63) is 29.1 Å². The van der Waals surface area contributed by atoms with Crippen molar-refractivity contribution in [3.63, 3.8) is 0 Å². The van der Waals surface area contributed by atoms with E-state index in [2.05, 4.69) is 5.10 Å². The summed E-state index contributed by atoms with van der Waals surface area (Å²) in [4.78, 5) is 26.1. The van der Waals surface area contributed by atoms with Crippen molar-refractivity contribution in [1.29, 1.82) is 0 Å². The lowest BCUT2D eigenvalue weighted by Gasteiger charge is -2.22. The summed E-state index contributed by atoms with van der Waals surface area (Å²) in [7, 11) is 0.